The number of halogens is 4. The number of benzene rings is 1. The molecule has 0 N–H and O–H groups in total. The van der Waals surface area contributed by atoms with Gasteiger partial charge in [0.25, 0.3) is 0 Å². The molecule has 2 aliphatic rings. The molecule has 210 valence electrons. The summed E-state index contributed by atoms with van der Waals surface area (Å²) in [6.07, 6.45) is 2.82. The average Bonchev–Trinajstić information content (AvgIpc) is 3.45. The molecule has 1 aliphatic carbocycles. The van der Waals surface area contributed by atoms with Crippen molar-refractivity contribution in [3.63, 3.8) is 0 Å². The van der Waals surface area contributed by atoms with Crippen LogP contribution < -0.4 is 9.64 Å². The Labute approximate surface area is 234 Å². The molecule has 40 heavy (non-hydrogen) atoms. The van der Waals surface area contributed by atoms with Gasteiger partial charge in [-0.3, -0.25) is 0 Å². The SMILES string of the molecule is COc1nc(-c2nc3n(n2)CCC[C@H]3c2cc(N(CC3CC3)CC(F)(F)F)ccc2Cl)ccc1-n1cnc(C)c1. The molecule has 12 heteroatoms. The molecular formula is C28H29ClF3N7O. The Morgan fingerprint density at radius 2 is 1.95 bits per heavy atom. The van der Waals surface area contributed by atoms with Crippen molar-refractivity contribution >= 4 is 17.3 Å². The molecule has 0 saturated heterocycles. The van der Waals surface area contributed by atoms with Crippen LogP contribution in [-0.4, -0.2) is 55.7 Å². The largest absolute Gasteiger partial charge is 0.479 e. The molecule has 8 nitrogen and oxygen atoms in total. The molecule has 0 unspecified atom stereocenters. The van der Waals surface area contributed by atoms with Gasteiger partial charge in [-0.25, -0.2) is 19.6 Å². The van der Waals surface area contributed by atoms with Crippen LogP contribution in [-0.2, 0) is 6.54 Å². The second kappa shape index (κ2) is 10.4. The van der Waals surface area contributed by atoms with Gasteiger partial charge in [-0.2, -0.15) is 13.2 Å². The van der Waals surface area contributed by atoms with Gasteiger partial charge in [-0.1, -0.05) is 11.6 Å². The molecule has 1 aromatic carbocycles. The minimum Gasteiger partial charge on any atom is -0.479 e. The Kier molecular flexibility index (Phi) is 6.93. The first-order valence-corrected chi connectivity index (χ1v) is 13.7. The Bertz CT molecular complexity index is 1530. The topological polar surface area (TPSA) is 73.9 Å². The highest BCUT2D eigenvalue weighted by atomic mass is 35.5. The molecule has 6 rings (SSSR count). The standard InChI is InChI=1S/C28H29ClF3N7O/c1-17-13-38(16-33-17)24-10-9-23(34-27(24)40-2)25-35-26-20(4-3-11-39(26)36-25)21-12-19(7-8-22(21)29)37(14-18-5-6-18)15-28(30,31)32/h7-10,12-13,16,18,20H,3-6,11,14-15H2,1-2H3/t20-/m0/s1. The van der Waals surface area contributed by atoms with Gasteiger partial charge in [0.2, 0.25) is 5.88 Å². The molecule has 0 spiro atoms. The lowest BCUT2D eigenvalue weighted by molar-refractivity contribution is -0.119. The minimum atomic E-state index is -4.30. The summed E-state index contributed by atoms with van der Waals surface area (Å²) >= 11 is 6.66. The summed E-state index contributed by atoms with van der Waals surface area (Å²) in [5, 5.41) is 5.23. The Morgan fingerprint density at radius 1 is 1.12 bits per heavy atom. The molecule has 0 radical (unpaired) electrons. The number of nitrogens with zero attached hydrogens (tertiary/aromatic N) is 7. The van der Waals surface area contributed by atoms with Crippen LogP contribution in [0.25, 0.3) is 17.2 Å². The molecule has 1 fully saturated rings. The van der Waals surface area contributed by atoms with E-state index in [0.717, 1.165) is 48.5 Å². The number of imidazole rings is 1. The first kappa shape index (κ1) is 26.6. The van der Waals surface area contributed by atoms with Gasteiger partial charge >= 0.3 is 6.18 Å². The molecule has 4 aromatic rings. The zero-order chi connectivity index (χ0) is 28.0. The minimum absolute atomic E-state index is 0.203. The number of aryl methyl sites for hydroxylation is 2. The summed E-state index contributed by atoms with van der Waals surface area (Å²) in [5.41, 5.74) is 3.46. The van der Waals surface area contributed by atoms with Crippen LogP contribution in [0.3, 0.4) is 0 Å². The van der Waals surface area contributed by atoms with Crippen molar-refractivity contribution in [1.29, 1.82) is 0 Å². The fourth-order valence-electron chi connectivity index (χ4n) is 5.30. The van der Waals surface area contributed by atoms with Crippen LogP contribution in [0, 0.1) is 12.8 Å². The molecule has 3 aromatic heterocycles. The maximum atomic E-state index is 13.4. The van der Waals surface area contributed by atoms with Gasteiger partial charge in [-0.05, 0) is 74.4 Å². The highest BCUT2D eigenvalue weighted by Gasteiger charge is 2.35. The second-order valence-electron chi connectivity index (χ2n) is 10.5. The van der Waals surface area contributed by atoms with E-state index in [0.29, 0.717) is 47.1 Å². The third kappa shape index (κ3) is 5.52. The second-order valence-corrected chi connectivity index (χ2v) is 10.9. The highest BCUT2D eigenvalue weighted by Crippen LogP contribution is 2.40. The predicted octanol–water partition coefficient (Wildman–Crippen LogP) is 6.20. The molecule has 1 saturated carbocycles. The first-order chi connectivity index (χ1) is 19.2. The van der Waals surface area contributed by atoms with E-state index in [1.807, 2.05) is 34.5 Å². The van der Waals surface area contributed by atoms with Crippen molar-refractivity contribution in [2.45, 2.75) is 51.2 Å². The number of rotatable bonds is 8. The Morgan fingerprint density at radius 3 is 2.65 bits per heavy atom. The fraction of sp³-hybridized carbons (Fsp3) is 0.429. The van der Waals surface area contributed by atoms with Gasteiger partial charge in [-0.15, -0.1) is 5.10 Å². The number of ether oxygens (including phenoxy) is 1. The number of anilines is 1. The van der Waals surface area contributed by atoms with Crippen molar-refractivity contribution in [1.82, 2.24) is 29.3 Å². The van der Waals surface area contributed by atoms with Gasteiger partial charge in [0, 0.05) is 35.9 Å². The molecular weight excluding hydrogens is 543 g/mol. The number of aromatic nitrogens is 6. The van der Waals surface area contributed by atoms with Crippen molar-refractivity contribution < 1.29 is 17.9 Å². The lowest BCUT2D eigenvalue weighted by Crippen LogP contribution is -2.35. The number of pyridine rings is 1. The first-order valence-electron chi connectivity index (χ1n) is 13.3. The molecule has 0 amide bonds. The van der Waals surface area contributed by atoms with Crippen molar-refractivity contribution in [2.75, 3.05) is 25.1 Å². The maximum absolute atomic E-state index is 13.4. The summed E-state index contributed by atoms with van der Waals surface area (Å²) in [4.78, 5) is 15.2. The Hall–Kier alpha value is -3.60. The molecule has 1 aliphatic heterocycles. The number of hydrogen-bond acceptors (Lipinski definition) is 6. The van der Waals surface area contributed by atoms with Gasteiger partial charge in [0.1, 0.15) is 23.8 Å². The van der Waals surface area contributed by atoms with Crippen molar-refractivity contribution in [3.05, 3.63) is 65.0 Å². The summed E-state index contributed by atoms with van der Waals surface area (Å²) in [6, 6.07) is 8.90. The predicted molar refractivity (Wildman–Crippen MR) is 145 cm³/mol. The monoisotopic (exact) mass is 571 g/mol. The van der Waals surface area contributed by atoms with Gasteiger partial charge in [0.15, 0.2) is 5.82 Å². The zero-order valence-corrected chi connectivity index (χ0v) is 23.0. The Balaban J connectivity index is 1.33. The van der Waals surface area contributed by atoms with Gasteiger partial charge in [0.05, 0.1) is 19.1 Å². The highest BCUT2D eigenvalue weighted by molar-refractivity contribution is 6.31. The quantitative estimate of drug-likeness (QED) is 0.251. The van der Waals surface area contributed by atoms with Crippen LogP contribution in [0.1, 0.15) is 48.7 Å². The number of alkyl halides is 3. The average molecular weight is 572 g/mol. The summed E-state index contributed by atoms with van der Waals surface area (Å²) < 4.78 is 49.5. The third-order valence-electron chi connectivity index (χ3n) is 7.39. The smallest absolute Gasteiger partial charge is 0.405 e. The number of methoxy groups -OCH3 is 1. The third-order valence-corrected chi connectivity index (χ3v) is 7.74. The van der Waals surface area contributed by atoms with Crippen molar-refractivity contribution in [2.24, 2.45) is 5.92 Å². The fourth-order valence-corrected chi connectivity index (χ4v) is 5.55. The zero-order valence-electron chi connectivity index (χ0n) is 22.2. The maximum Gasteiger partial charge on any atom is 0.405 e. The molecule has 4 heterocycles. The van der Waals surface area contributed by atoms with E-state index < -0.39 is 12.7 Å². The number of hydrogen-bond donors (Lipinski definition) is 0. The molecule has 0 bridgehead atoms. The van der Waals surface area contributed by atoms with E-state index >= 15 is 0 Å². The summed E-state index contributed by atoms with van der Waals surface area (Å²) in [6.45, 7) is 1.98. The van der Waals surface area contributed by atoms with Crippen LogP contribution >= 0.6 is 11.6 Å². The van der Waals surface area contributed by atoms with E-state index in [4.69, 9.17) is 26.4 Å². The van der Waals surface area contributed by atoms with E-state index in [-0.39, 0.29) is 5.92 Å². The van der Waals surface area contributed by atoms with E-state index in [1.54, 1.807) is 31.6 Å². The van der Waals surface area contributed by atoms with Crippen LogP contribution in [0.5, 0.6) is 5.88 Å². The lowest BCUT2D eigenvalue weighted by Gasteiger charge is -2.28. The van der Waals surface area contributed by atoms with Crippen LogP contribution in [0.2, 0.25) is 5.02 Å². The van der Waals surface area contributed by atoms with Crippen LogP contribution in [0.15, 0.2) is 42.9 Å². The number of fused-ring (bicyclic) bond motifs is 1. The van der Waals surface area contributed by atoms with Gasteiger partial charge < -0.3 is 14.2 Å². The summed E-state index contributed by atoms with van der Waals surface area (Å²) in [7, 11) is 1.56. The molecule has 1 atom stereocenters. The summed E-state index contributed by atoms with van der Waals surface area (Å²) in [5.74, 6) is 1.69. The van der Waals surface area contributed by atoms with E-state index in [9.17, 15) is 13.2 Å². The van der Waals surface area contributed by atoms with Crippen LogP contribution in [0.4, 0.5) is 18.9 Å². The lowest BCUT2D eigenvalue weighted by atomic mass is 9.90. The van der Waals surface area contributed by atoms with Crippen molar-refractivity contribution in [3.8, 4) is 23.1 Å². The van der Waals surface area contributed by atoms with E-state index in [2.05, 4.69) is 9.97 Å². The normalized spacial score (nSPS) is 17.1. The van der Waals surface area contributed by atoms with E-state index in [1.165, 1.54) is 4.90 Å².